The van der Waals surface area contributed by atoms with Crippen molar-refractivity contribution >= 4 is 23.2 Å². The minimum Gasteiger partial charge on any atom is -0.457 e. The van der Waals surface area contributed by atoms with Gasteiger partial charge in [-0.25, -0.2) is 0 Å². The van der Waals surface area contributed by atoms with Crippen LogP contribution in [0.3, 0.4) is 0 Å². The Labute approximate surface area is 129 Å². The Bertz CT molecular complexity index is 613. The molecule has 106 valence electrons. The fourth-order valence-electron chi connectivity index (χ4n) is 1.89. The Hall–Kier alpha value is -1.22. The third kappa shape index (κ3) is 3.45. The summed E-state index contributed by atoms with van der Waals surface area (Å²) >= 11 is 12.3. The molecule has 0 aliphatic carbocycles. The van der Waals surface area contributed by atoms with Crippen LogP contribution in [0.4, 0.5) is 0 Å². The molecule has 1 atom stereocenters. The zero-order valence-electron chi connectivity index (χ0n) is 11.7. The van der Waals surface area contributed by atoms with E-state index in [1.54, 1.807) is 0 Å². The van der Waals surface area contributed by atoms with Crippen LogP contribution < -0.4 is 10.1 Å². The predicted molar refractivity (Wildman–Crippen MR) is 85.2 cm³/mol. The van der Waals surface area contributed by atoms with Crippen LogP contribution in [0.2, 0.25) is 10.0 Å². The van der Waals surface area contributed by atoms with Gasteiger partial charge in [0.15, 0.2) is 0 Å². The van der Waals surface area contributed by atoms with Crippen LogP contribution >= 0.6 is 23.2 Å². The average Bonchev–Trinajstić information content (AvgIpc) is 2.42. The Balaban J connectivity index is 2.22. The van der Waals surface area contributed by atoms with Gasteiger partial charge >= 0.3 is 0 Å². The molecule has 0 spiro atoms. The second-order valence-corrected chi connectivity index (χ2v) is 5.52. The Kier molecular flexibility index (Phi) is 4.92. The van der Waals surface area contributed by atoms with E-state index in [0.29, 0.717) is 10.8 Å². The topological polar surface area (TPSA) is 21.3 Å². The number of aryl methyl sites for hydroxylation is 1. The van der Waals surface area contributed by atoms with E-state index >= 15 is 0 Å². The second kappa shape index (κ2) is 6.49. The fraction of sp³-hybridized carbons (Fsp3) is 0.250. The third-order valence-corrected chi connectivity index (χ3v) is 3.99. The zero-order chi connectivity index (χ0) is 14.7. The molecule has 0 aliphatic heterocycles. The first-order valence-corrected chi connectivity index (χ1v) is 7.17. The van der Waals surface area contributed by atoms with Crippen molar-refractivity contribution in [2.45, 2.75) is 19.9 Å². The molecule has 0 saturated carbocycles. The third-order valence-electron chi connectivity index (χ3n) is 3.24. The molecule has 0 amide bonds. The van der Waals surface area contributed by atoms with Crippen LogP contribution in [0.5, 0.6) is 11.5 Å². The first-order valence-electron chi connectivity index (χ1n) is 6.42. The van der Waals surface area contributed by atoms with Gasteiger partial charge in [0.2, 0.25) is 0 Å². The number of rotatable bonds is 4. The van der Waals surface area contributed by atoms with Crippen molar-refractivity contribution in [2.75, 3.05) is 7.05 Å². The minimum atomic E-state index is 0.203. The van der Waals surface area contributed by atoms with Crippen LogP contribution in [0.25, 0.3) is 0 Å². The summed E-state index contributed by atoms with van der Waals surface area (Å²) in [5.41, 5.74) is 2.03. The predicted octanol–water partition coefficient (Wildman–Crippen LogP) is 5.37. The number of halogens is 2. The van der Waals surface area contributed by atoms with Gasteiger partial charge in [0, 0.05) is 16.1 Å². The van der Waals surface area contributed by atoms with Crippen molar-refractivity contribution in [2.24, 2.45) is 0 Å². The molecule has 1 N–H and O–H groups in total. The highest BCUT2D eigenvalue weighted by Crippen LogP contribution is 2.31. The summed E-state index contributed by atoms with van der Waals surface area (Å²) < 4.78 is 5.80. The summed E-state index contributed by atoms with van der Waals surface area (Å²) in [6, 6.07) is 11.5. The molecule has 0 fully saturated rings. The fourth-order valence-corrected chi connectivity index (χ4v) is 2.35. The monoisotopic (exact) mass is 309 g/mol. The Morgan fingerprint density at radius 2 is 1.65 bits per heavy atom. The van der Waals surface area contributed by atoms with Gasteiger partial charge in [0.05, 0.1) is 0 Å². The molecule has 2 aromatic rings. The molecule has 0 aromatic heterocycles. The van der Waals surface area contributed by atoms with Crippen LogP contribution in [-0.4, -0.2) is 7.05 Å². The molecule has 0 radical (unpaired) electrons. The number of hydrogen-bond donors (Lipinski definition) is 1. The summed E-state index contributed by atoms with van der Waals surface area (Å²) in [5.74, 6) is 1.46. The van der Waals surface area contributed by atoms with E-state index in [0.717, 1.165) is 21.9 Å². The van der Waals surface area contributed by atoms with E-state index in [2.05, 4.69) is 12.2 Å². The lowest BCUT2D eigenvalue weighted by Crippen LogP contribution is -2.12. The molecule has 2 rings (SSSR count). The average molecular weight is 310 g/mol. The van der Waals surface area contributed by atoms with Crippen LogP contribution in [0.1, 0.15) is 24.1 Å². The second-order valence-electron chi connectivity index (χ2n) is 4.71. The molecule has 0 saturated heterocycles. The first kappa shape index (κ1) is 15.2. The lowest BCUT2D eigenvalue weighted by atomic mass is 10.1. The molecule has 20 heavy (non-hydrogen) atoms. The van der Waals surface area contributed by atoms with E-state index in [-0.39, 0.29) is 6.04 Å². The molecule has 0 aliphatic rings. The van der Waals surface area contributed by atoms with E-state index < -0.39 is 0 Å². The Morgan fingerprint density at radius 1 is 1.00 bits per heavy atom. The van der Waals surface area contributed by atoms with Gasteiger partial charge in [-0.05, 0) is 62.4 Å². The van der Waals surface area contributed by atoms with E-state index in [1.165, 1.54) is 0 Å². The summed E-state index contributed by atoms with van der Waals surface area (Å²) in [4.78, 5) is 0. The maximum absolute atomic E-state index is 6.28. The number of hydrogen-bond acceptors (Lipinski definition) is 2. The van der Waals surface area contributed by atoms with Gasteiger partial charge in [-0.2, -0.15) is 0 Å². The highest BCUT2D eigenvalue weighted by Gasteiger charge is 2.09. The molecule has 4 heteroatoms. The molecule has 2 aromatic carbocycles. The van der Waals surface area contributed by atoms with Crippen molar-refractivity contribution in [3.8, 4) is 11.5 Å². The summed E-state index contributed by atoms with van der Waals surface area (Å²) in [6.45, 7) is 4.00. The normalized spacial score (nSPS) is 12.2. The van der Waals surface area contributed by atoms with Gasteiger partial charge in [-0.15, -0.1) is 0 Å². The highest BCUT2D eigenvalue weighted by atomic mass is 35.5. The van der Waals surface area contributed by atoms with E-state index in [4.69, 9.17) is 27.9 Å². The summed E-state index contributed by atoms with van der Waals surface area (Å²) in [7, 11) is 1.90. The van der Waals surface area contributed by atoms with Gasteiger partial charge in [-0.3, -0.25) is 0 Å². The Morgan fingerprint density at radius 3 is 2.25 bits per heavy atom. The molecule has 1 unspecified atom stereocenters. The highest BCUT2D eigenvalue weighted by molar-refractivity contribution is 6.31. The minimum absolute atomic E-state index is 0.203. The van der Waals surface area contributed by atoms with Crippen molar-refractivity contribution < 1.29 is 4.74 Å². The number of nitrogens with one attached hydrogen (secondary N) is 1. The quantitative estimate of drug-likeness (QED) is 0.819. The standard InChI is InChI=1S/C16H17Cl2NO/c1-10-8-12(5-7-15(10)17)20-13-4-6-14(11(2)19-3)16(18)9-13/h4-9,11,19H,1-3H3. The smallest absolute Gasteiger partial charge is 0.128 e. The van der Waals surface area contributed by atoms with Crippen LogP contribution in [0.15, 0.2) is 36.4 Å². The maximum Gasteiger partial charge on any atom is 0.128 e. The van der Waals surface area contributed by atoms with Gasteiger partial charge in [-0.1, -0.05) is 29.3 Å². The lowest BCUT2D eigenvalue weighted by molar-refractivity contribution is 0.481. The van der Waals surface area contributed by atoms with Gasteiger partial charge < -0.3 is 10.1 Å². The van der Waals surface area contributed by atoms with Crippen LogP contribution in [0, 0.1) is 6.92 Å². The molecule has 0 heterocycles. The van der Waals surface area contributed by atoms with Crippen molar-refractivity contribution in [3.63, 3.8) is 0 Å². The molecule has 0 bridgehead atoms. The maximum atomic E-state index is 6.28. The first-order chi connectivity index (χ1) is 9.51. The lowest BCUT2D eigenvalue weighted by Gasteiger charge is -2.14. The summed E-state index contributed by atoms with van der Waals surface area (Å²) in [6.07, 6.45) is 0. The zero-order valence-corrected chi connectivity index (χ0v) is 13.2. The van der Waals surface area contributed by atoms with E-state index in [1.807, 2.05) is 50.4 Å². The van der Waals surface area contributed by atoms with Crippen LogP contribution in [-0.2, 0) is 0 Å². The molecular formula is C16H17Cl2NO. The van der Waals surface area contributed by atoms with E-state index in [9.17, 15) is 0 Å². The van der Waals surface area contributed by atoms with Crippen molar-refractivity contribution in [3.05, 3.63) is 57.6 Å². The van der Waals surface area contributed by atoms with Crippen molar-refractivity contribution in [1.29, 1.82) is 0 Å². The van der Waals surface area contributed by atoms with Gasteiger partial charge in [0.25, 0.3) is 0 Å². The molecular weight excluding hydrogens is 293 g/mol. The molecule has 2 nitrogen and oxygen atoms in total. The SMILES string of the molecule is CNC(C)c1ccc(Oc2ccc(Cl)c(C)c2)cc1Cl. The number of benzene rings is 2. The van der Waals surface area contributed by atoms with Gasteiger partial charge in [0.1, 0.15) is 11.5 Å². The van der Waals surface area contributed by atoms with Crippen molar-refractivity contribution in [1.82, 2.24) is 5.32 Å². The largest absolute Gasteiger partial charge is 0.457 e. The number of ether oxygens (including phenoxy) is 1. The summed E-state index contributed by atoms with van der Waals surface area (Å²) in [5, 5.41) is 4.58.